The Kier molecular flexibility index (Phi) is 5.62. The van der Waals surface area contributed by atoms with E-state index < -0.39 is 16.4 Å². The van der Waals surface area contributed by atoms with Gasteiger partial charge in [-0.15, -0.1) is 0 Å². The van der Waals surface area contributed by atoms with Crippen LogP contribution in [0.3, 0.4) is 0 Å². The van der Waals surface area contributed by atoms with Crippen molar-refractivity contribution in [1.29, 1.82) is 0 Å². The number of nitro groups is 1. The molecule has 8 nitrogen and oxygen atoms in total. The van der Waals surface area contributed by atoms with Crippen LogP contribution in [0, 0.1) is 16.0 Å². The molecule has 2 aromatic rings. The van der Waals surface area contributed by atoms with Crippen molar-refractivity contribution in [1.82, 2.24) is 9.78 Å². The largest absolute Gasteiger partial charge is 0.469 e. The molecule has 1 aliphatic heterocycles. The van der Waals surface area contributed by atoms with Crippen LogP contribution < -0.4 is 5.32 Å². The summed E-state index contributed by atoms with van der Waals surface area (Å²) in [6.45, 7) is 1.96. The lowest BCUT2D eigenvalue weighted by Gasteiger charge is -2.42. The van der Waals surface area contributed by atoms with E-state index in [0.717, 1.165) is 42.8 Å². The van der Waals surface area contributed by atoms with Gasteiger partial charge in [-0.05, 0) is 44.6 Å². The van der Waals surface area contributed by atoms with Crippen molar-refractivity contribution in [3.05, 3.63) is 51.2 Å². The molecule has 1 aromatic carbocycles. The summed E-state index contributed by atoms with van der Waals surface area (Å²) in [5, 5.41) is 20.3. The number of nitrogens with zero attached hydrogens (tertiary/aromatic N) is 3. The SMILES string of the molecule is COC(=O)C1Cc2c(C3CCCC3)nn(C3CCCC3)c2NC1(C)c1cccc([N+](=O)[O-])c1. The van der Waals surface area contributed by atoms with Crippen molar-refractivity contribution in [2.24, 2.45) is 5.92 Å². The number of carbonyl (C=O) groups excluding carboxylic acids is 1. The normalized spacial score (nSPS) is 25.6. The van der Waals surface area contributed by atoms with Crippen LogP contribution >= 0.6 is 0 Å². The molecule has 176 valence electrons. The van der Waals surface area contributed by atoms with Crippen molar-refractivity contribution < 1.29 is 14.5 Å². The van der Waals surface area contributed by atoms with Gasteiger partial charge < -0.3 is 10.1 Å². The topological polar surface area (TPSA) is 99.3 Å². The van der Waals surface area contributed by atoms with Gasteiger partial charge in [0.25, 0.3) is 5.69 Å². The molecule has 33 heavy (non-hydrogen) atoms. The number of nitrogens with one attached hydrogen (secondary N) is 1. The molecule has 2 atom stereocenters. The number of hydrogen-bond donors (Lipinski definition) is 1. The lowest BCUT2D eigenvalue weighted by molar-refractivity contribution is -0.385. The third kappa shape index (κ3) is 3.69. The molecule has 2 fully saturated rings. The first-order chi connectivity index (χ1) is 15.9. The van der Waals surface area contributed by atoms with Crippen molar-refractivity contribution in [2.45, 2.75) is 82.2 Å². The van der Waals surface area contributed by atoms with Crippen LogP contribution in [-0.4, -0.2) is 27.8 Å². The fourth-order valence-electron chi connectivity index (χ4n) is 6.18. The number of methoxy groups -OCH3 is 1. The summed E-state index contributed by atoms with van der Waals surface area (Å²) in [6, 6.07) is 6.94. The zero-order valence-corrected chi connectivity index (χ0v) is 19.4. The maximum Gasteiger partial charge on any atom is 0.311 e. The number of non-ortho nitro benzene ring substituents is 1. The minimum atomic E-state index is -0.852. The summed E-state index contributed by atoms with van der Waals surface area (Å²) in [6.07, 6.45) is 9.84. The monoisotopic (exact) mass is 452 g/mol. The Morgan fingerprint density at radius 1 is 1.21 bits per heavy atom. The van der Waals surface area contributed by atoms with Gasteiger partial charge in [0.05, 0.1) is 35.2 Å². The average Bonchev–Trinajstić information content (AvgIpc) is 3.58. The summed E-state index contributed by atoms with van der Waals surface area (Å²) in [5.74, 6) is 0.591. The summed E-state index contributed by atoms with van der Waals surface area (Å²) in [5.41, 5.74) is 2.14. The van der Waals surface area contributed by atoms with Gasteiger partial charge in [-0.3, -0.25) is 14.9 Å². The van der Waals surface area contributed by atoms with Crippen LogP contribution in [0.15, 0.2) is 24.3 Å². The number of anilines is 1. The number of nitro benzene ring substituents is 1. The smallest absolute Gasteiger partial charge is 0.311 e. The molecule has 0 saturated heterocycles. The third-order valence-electron chi connectivity index (χ3n) is 8.08. The predicted octanol–water partition coefficient (Wildman–Crippen LogP) is 5.24. The highest BCUT2D eigenvalue weighted by atomic mass is 16.6. The van der Waals surface area contributed by atoms with Gasteiger partial charge in [0.1, 0.15) is 5.82 Å². The molecule has 5 rings (SSSR count). The van der Waals surface area contributed by atoms with Crippen molar-refractivity contribution in [3.8, 4) is 0 Å². The van der Waals surface area contributed by atoms with Gasteiger partial charge in [-0.25, -0.2) is 4.68 Å². The number of fused-ring (bicyclic) bond motifs is 1. The highest BCUT2D eigenvalue weighted by Gasteiger charge is 2.48. The predicted molar refractivity (Wildman–Crippen MR) is 124 cm³/mol. The Hall–Kier alpha value is -2.90. The van der Waals surface area contributed by atoms with Crippen molar-refractivity contribution >= 4 is 17.5 Å². The van der Waals surface area contributed by atoms with Gasteiger partial charge in [-0.2, -0.15) is 5.10 Å². The van der Waals surface area contributed by atoms with E-state index in [0.29, 0.717) is 23.9 Å². The second-order valence-corrected chi connectivity index (χ2v) is 9.99. The molecule has 8 heteroatoms. The van der Waals surface area contributed by atoms with Crippen LogP contribution in [0.25, 0.3) is 0 Å². The Labute approximate surface area is 193 Å². The number of aromatic nitrogens is 2. The molecule has 1 N–H and O–H groups in total. The second-order valence-electron chi connectivity index (χ2n) is 9.99. The first-order valence-corrected chi connectivity index (χ1v) is 12.1. The molecule has 2 aliphatic carbocycles. The zero-order chi connectivity index (χ0) is 23.2. The zero-order valence-electron chi connectivity index (χ0n) is 19.4. The molecule has 1 aromatic heterocycles. The molecular weight excluding hydrogens is 420 g/mol. The van der Waals surface area contributed by atoms with E-state index in [1.165, 1.54) is 38.9 Å². The fourth-order valence-corrected chi connectivity index (χ4v) is 6.18. The minimum Gasteiger partial charge on any atom is -0.469 e. The molecule has 0 bridgehead atoms. The maximum atomic E-state index is 13.1. The van der Waals surface area contributed by atoms with Gasteiger partial charge in [0.2, 0.25) is 0 Å². The first kappa shape index (κ1) is 21.9. The molecule has 2 saturated carbocycles. The van der Waals surface area contributed by atoms with Crippen molar-refractivity contribution in [3.63, 3.8) is 0 Å². The van der Waals surface area contributed by atoms with Gasteiger partial charge >= 0.3 is 5.97 Å². The van der Waals surface area contributed by atoms with E-state index in [9.17, 15) is 14.9 Å². The number of ether oxygens (including phenoxy) is 1. The van der Waals surface area contributed by atoms with Crippen molar-refractivity contribution in [2.75, 3.05) is 12.4 Å². The van der Waals surface area contributed by atoms with Crippen LogP contribution in [0.5, 0.6) is 0 Å². The Morgan fingerprint density at radius 3 is 2.58 bits per heavy atom. The highest BCUT2D eigenvalue weighted by Crippen LogP contribution is 2.48. The molecule has 0 spiro atoms. The minimum absolute atomic E-state index is 0.0147. The van der Waals surface area contributed by atoms with E-state index in [4.69, 9.17) is 9.84 Å². The first-order valence-electron chi connectivity index (χ1n) is 12.1. The quantitative estimate of drug-likeness (QED) is 0.378. The number of benzene rings is 1. The Bertz CT molecular complexity index is 1070. The van der Waals surface area contributed by atoms with Crippen LogP contribution in [0.2, 0.25) is 0 Å². The third-order valence-corrected chi connectivity index (χ3v) is 8.08. The molecule has 2 heterocycles. The standard InChI is InChI=1S/C25H32N4O4/c1-25(17-10-7-13-19(14-17)29(31)32)21(24(30)33-2)15-20-22(16-8-3-4-9-16)27-28(23(20)26-25)18-11-5-6-12-18/h7,10,13-14,16,18,21,26H,3-6,8-9,11-12,15H2,1-2H3. The molecule has 0 amide bonds. The van der Waals surface area contributed by atoms with E-state index in [-0.39, 0.29) is 11.7 Å². The second kappa shape index (κ2) is 8.47. The summed E-state index contributed by atoms with van der Waals surface area (Å²) in [7, 11) is 1.41. The Balaban J connectivity index is 1.65. The summed E-state index contributed by atoms with van der Waals surface area (Å²) < 4.78 is 7.41. The number of hydrogen-bond acceptors (Lipinski definition) is 6. The summed E-state index contributed by atoms with van der Waals surface area (Å²) in [4.78, 5) is 24.1. The fraction of sp³-hybridized carbons (Fsp3) is 0.600. The maximum absolute atomic E-state index is 13.1. The molecule has 3 aliphatic rings. The van der Waals surface area contributed by atoms with E-state index >= 15 is 0 Å². The average molecular weight is 453 g/mol. The molecule has 0 radical (unpaired) electrons. The van der Waals surface area contributed by atoms with Crippen LogP contribution in [0.4, 0.5) is 11.5 Å². The van der Waals surface area contributed by atoms with Crippen LogP contribution in [0.1, 0.15) is 87.1 Å². The number of rotatable bonds is 5. The van der Waals surface area contributed by atoms with E-state index in [2.05, 4.69) is 10.00 Å². The highest BCUT2D eigenvalue weighted by molar-refractivity contribution is 5.78. The number of carbonyl (C=O) groups is 1. The Morgan fingerprint density at radius 2 is 1.91 bits per heavy atom. The molecule has 2 unspecified atom stereocenters. The van der Waals surface area contributed by atoms with Gasteiger partial charge in [0.15, 0.2) is 0 Å². The van der Waals surface area contributed by atoms with Crippen LogP contribution in [-0.2, 0) is 21.5 Å². The van der Waals surface area contributed by atoms with Gasteiger partial charge in [-0.1, -0.05) is 37.8 Å². The van der Waals surface area contributed by atoms with Gasteiger partial charge in [0, 0.05) is 23.6 Å². The number of esters is 1. The summed E-state index contributed by atoms with van der Waals surface area (Å²) >= 11 is 0. The van der Waals surface area contributed by atoms with E-state index in [1.807, 2.05) is 13.0 Å². The lowest BCUT2D eigenvalue weighted by Crippen LogP contribution is -2.49. The molecular formula is C25H32N4O4. The lowest BCUT2D eigenvalue weighted by atomic mass is 9.73. The van der Waals surface area contributed by atoms with E-state index in [1.54, 1.807) is 12.1 Å².